The molecule has 0 atom stereocenters. The third kappa shape index (κ3) is 2.19. The summed E-state index contributed by atoms with van der Waals surface area (Å²) in [6, 6.07) is 12.0. The maximum Gasteiger partial charge on any atom is 0.0746 e. The Morgan fingerprint density at radius 1 is 1.09 bits per heavy atom. The number of likely N-dealkylation sites (N-methyl/N-ethyl adjacent to an activating group) is 1. The maximum atomic E-state index is 9.41. The monoisotopic (exact) mass is 299 g/mol. The largest absolute Gasteiger partial charge is 0.397 e. The standard InChI is InChI=1S/C17H21N3O2/c1-19(8-10-21)15-7-6-13(18)17-16(15)12-4-2-3-5-14(12)20(17)9-11-22/h2-7,21-22H,8-11,18H2,1H3. The van der Waals surface area contributed by atoms with Gasteiger partial charge in [0.25, 0.3) is 0 Å². The molecule has 0 unspecified atom stereocenters. The van der Waals surface area contributed by atoms with Crippen LogP contribution in [0.3, 0.4) is 0 Å². The fourth-order valence-electron chi connectivity index (χ4n) is 3.11. The normalized spacial score (nSPS) is 11.4. The van der Waals surface area contributed by atoms with Gasteiger partial charge in [0.1, 0.15) is 0 Å². The first-order valence-electron chi connectivity index (χ1n) is 7.41. The second-order valence-electron chi connectivity index (χ2n) is 5.44. The molecule has 0 bridgehead atoms. The molecule has 0 radical (unpaired) electrons. The van der Waals surface area contributed by atoms with Gasteiger partial charge in [0.15, 0.2) is 0 Å². The molecule has 1 aromatic heterocycles. The Kier molecular flexibility index (Phi) is 3.92. The summed E-state index contributed by atoms with van der Waals surface area (Å²) in [5, 5.41) is 20.8. The summed E-state index contributed by atoms with van der Waals surface area (Å²) in [6.07, 6.45) is 0. The molecule has 0 aliphatic carbocycles. The van der Waals surface area contributed by atoms with E-state index < -0.39 is 0 Å². The van der Waals surface area contributed by atoms with Crippen molar-refractivity contribution in [2.24, 2.45) is 0 Å². The minimum atomic E-state index is 0.0594. The Balaban J connectivity index is 2.41. The van der Waals surface area contributed by atoms with Gasteiger partial charge < -0.3 is 25.4 Å². The van der Waals surface area contributed by atoms with E-state index in [1.54, 1.807) is 0 Å². The van der Waals surface area contributed by atoms with Crippen LogP contribution in [-0.4, -0.2) is 41.6 Å². The van der Waals surface area contributed by atoms with E-state index in [1.165, 1.54) is 0 Å². The van der Waals surface area contributed by atoms with Crippen molar-refractivity contribution in [3.63, 3.8) is 0 Å². The fraction of sp³-hybridized carbons (Fsp3) is 0.294. The van der Waals surface area contributed by atoms with Crippen molar-refractivity contribution in [2.75, 3.05) is 37.4 Å². The van der Waals surface area contributed by atoms with Gasteiger partial charge in [0.05, 0.1) is 24.4 Å². The van der Waals surface area contributed by atoms with E-state index >= 15 is 0 Å². The van der Waals surface area contributed by atoms with Crippen LogP contribution >= 0.6 is 0 Å². The molecule has 0 amide bonds. The van der Waals surface area contributed by atoms with Crippen molar-refractivity contribution in [3.8, 4) is 0 Å². The molecule has 0 saturated carbocycles. The molecule has 5 nitrogen and oxygen atoms in total. The summed E-state index contributed by atoms with van der Waals surface area (Å²) in [4.78, 5) is 2.03. The molecule has 0 aliphatic rings. The Labute approximate surface area is 129 Å². The molecule has 0 saturated heterocycles. The predicted octanol–water partition coefficient (Wildman–Crippen LogP) is 1.80. The minimum Gasteiger partial charge on any atom is -0.397 e. The van der Waals surface area contributed by atoms with E-state index in [0.29, 0.717) is 18.8 Å². The fourth-order valence-corrected chi connectivity index (χ4v) is 3.11. The van der Waals surface area contributed by atoms with E-state index in [4.69, 9.17) is 5.73 Å². The van der Waals surface area contributed by atoms with E-state index in [1.807, 2.05) is 42.3 Å². The zero-order chi connectivity index (χ0) is 15.7. The van der Waals surface area contributed by atoms with Crippen LogP contribution in [0, 0.1) is 0 Å². The van der Waals surface area contributed by atoms with Gasteiger partial charge in [0.2, 0.25) is 0 Å². The van der Waals surface area contributed by atoms with E-state index in [-0.39, 0.29) is 13.2 Å². The van der Waals surface area contributed by atoms with Crippen molar-refractivity contribution in [3.05, 3.63) is 36.4 Å². The number of nitrogens with zero attached hydrogens (tertiary/aromatic N) is 2. The maximum absolute atomic E-state index is 9.41. The number of rotatable bonds is 5. The second-order valence-corrected chi connectivity index (χ2v) is 5.44. The minimum absolute atomic E-state index is 0.0594. The molecule has 0 spiro atoms. The quantitative estimate of drug-likeness (QED) is 0.628. The van der Waals surface area contributed by atoms with Gasteiger partial charge in [-0.15, -0.1) is 0 Å². The number of fused-ring (bicyclic) bond motifs is 3. The van der Waals surface area contributed by atoms with Crippen molar-refractivity contribution >= 4 is 33.2 Å². The van der Waals surface area contributed by atoms with Gasteiger partial charge in [0, 0.05) is 42.1 Å². The first-order chi connectivity index (χ1) is 10.7. The van der Waals surface area contributed by atoms with Gasteiger partial charge in [-0.2, -0.15) is 0 Å². The van der Waals surface area contributed by atoms with Crippen molar-refractivity contribution in [2.45, 2.75) is 6.54 Å². The Hall–Kier alpha value is -2.24. The van der Waals surface area contributed by atoms with Crippen LogP contribution in [0.25, 0.3) is 21.8 Å². The average molecular weight is 299 g/mol. The smallest absolute Gasteiger partial charge is 0.0746 e. The van der Waals surface area contributed by atoms with E-state index in [2.05, 4.69) is 10.6 Å². The van der Waals surface area contributed by atoms with Crippen LogP contribution in [0.5, 0.6) is 0 Å². The number of hydrogen-bond donors (Lipinski definition) is 3. The van der Waals surface area contributed by atoms with Gasteiger partial charge in [-0.1, -0.05) is 18.2 Å². The third-order valence-corrected chi connectivity index (χ3v) is 4.09. The van der Waals surface area contributed by atoms with E-state index in [0.717, 1.165) is 27.5 Å². The first-order valence-corrected chi connectivity index (χ1v) is 7.41. The number of anilines is 2. The molecule has 5 heteroatoms. The first kappa shape index (κ1) is 14.7. The zero-order valence-electron chi connectivity index (χ0n) is 12.7. The number of aliphatic hydroxyl groups excluding tert-OH is 2. The number of para-hydroxylation sites is 1. The van der Waals surface area contributed by atoms with Crippen LogP contribution in [0.1, 0.15) is 0 Å². The number of nitrogen functional groups attached to an aromatic ring is 1. The topological polar surface area (TPSA) is 74.6 Å². The highest BCUT2D eigenvalue weighted by molar-refractivity contribution is 6.17. The number of aliphatic hydroxyl groups is 2. The molecule has 22 heavy (non-hydrogen) atoms. The highest BCUT2D eigenvalue weighted by Gasteiger charge is 2.17. The molecular formula is C17H21N3O2. The van der Waals surface area contributed by atoms with Gasteiger partial charge in [-0.3, -0.25) is 0 Å². The van der Waals surface area contributed by atoms with Crippen LogP contribution in [0.4, 0.5) is 11.4 Å². The summed E-state index contributed by atoms with van der Waals surface area (Å²) in [5.41, 5.74) is 9.95. The van der Waals surface area contributed by atoms with Crippen LogP contribution < -0.4 is 10.6 Å². The van der Waals surface area contributed by atoms with Crippen molar-refractivity contribution in [1.82, 2.24) is 4.57 Å². The van der Waals surface area contributed by atoms with E-state index in [9.17, 15) is 10.2 Å². The van der Waals surface area contributed by atoms with Crippen LogP contribution in [-0.2, 0) is 6.54 Å². The lowest BCUT2D eigenvalue weighted by Gasteiger charge is -2.20. The molecule has 116 valence electrons. The third-order valence-electron chi connectivity index (χ3n) is 4.09. The Morgan fingerprint density at radius 3 is 2.59 bits per heavy atom. The molecule has 4 N–H and O–H groups in total. The summed E-state index contributed by atoms with van der Waals surface area (Å²) >= 11 is 0. The number of hydrogen-bond acceptors (Lipinski definition) is 4. The molecule has 2 aromatic carbocycles. The van der Waals surface area contributed by atoms with Crippen LogP contribution in [0.15, 0.2) is 36.4 Å². The second kappa shape index (κ2) is 5.87. The number of aromatic nitrogens is 1. The molecular weight excluding hydrogens is 278 g/mol. The Bertz CT molecular complexity index is 810. The lowest BCUT2D eigenvalue weighted by atomic mass is 10.1. The summed E-state index contributed by atoms with van der Waals surface area (Å²) in [6.45, 7) is 1.21. The molecule has 3 rings (SSSR count). The number of benzene rings is 2. The highest BCUT2D eigenvalue weighted by atomic mass is 16.3. The van der Waals surface area contributed by atoms with Crippen LogP contribution in [0.2, 0.25) is 0 Å². The lowest BCUT2D eigenvalue weighted by molar-refractivity contribution is 0.280. The predicted molar refractivity (Wildman–Crippen MR) is 91.3 cm³/mol. The van der Waals surface area contributed by atoms with Gasteiger partial charge >= 0.3 is 0 Å². The zero-order valence-corrected chi connectivity index (χ0v) is 12.7. The van der Waals surface area contributed by atoms with Gasteiger partial charge in [-0.05, 0) is 18.2 Å². The molecule has 1 heterocycles. The highest BCUT2D eigenvalue weighted by Crippen LogP contribution is 2.38. The summed E-state index contributed by atoms with van der Waals surface area (Å²) in [5.74, 6) is 0. The van der Waals surface area contributed by atoms with Crippen molar-refractivity contribution in [1.29, 1.82) is 0 Å². The molecule has 0 fully saturated rings. The Morgan fingerprint density at radius 2 is 1.86 bits per heavy atom. The average Bonchev–Trinajstić information content (AvgIpc) is 2.84. The summed E-state index contributed by atoms with van der Waals surface area (Å²) in [7, 11) is 1.96. The lowest BCUT2D eigenvalue weighted by Crippen LogP contribution is -2.21. The number of nitrogens with two attached hydrogens (primary N) is 1. The summed E-state index contributed by atoms with van der Waals surface area (Å²) < 4.78 is 2.07. The molecule has 3 aromatic rings. The van der Waals surface area contributed by atoms with Gasteiger partial charge in [-0.25, -0.2) is 0 Å². The van der Waals surface area contributed by atoms with Crippen molar-refractivity contribution < 1.29 is 10.2 Å². The SMILES string of the molecule is CN(CCO)c1ccc(N)c2c1c1ccccc1n2CCO. The molecule has 0 aliphatic heterocycles.